The molecular formula is C18H13NO2. The maximum atomic E-state index is 12.3. The lowest BCUT2D eigenvalue weighted by Gasteiger charge is -2.04. The first-order valence-corrected chi connectivity index (χ1v) is 6.82. The zero-order valence-corrected chi connectivity index (χ0v) is 11.5. The molecule has 0 aliphatic carbocycles. The van der Waals surface area contributed by atoms with Crippen molar-refractivity contribution in [2.45, 2.75) is 0 Å². The second-order valence-corrected chi connectivity index (χ2v) is 5.13. The minimum Gasteiger partial charge on any atom is -0.422 e. The number of para-hydroxylation sites is 2. The smallest absolute Gasteiger partial charge is 0.345 e. The van der Waals surface area contributed by atoms with Crippen LogP contribution in [-0.4, -0.2) is 4.57 Å². The van der Waals surface area contributed by atoms with E-state index in [0.29, 0.717) is 11.1 Å². The van der Waals surface area contributed by atoms with E-state index in [1.807, 2.05) is 72.3 Å². The molecule has 0 radical (unpaired) electrons. The third kappa shape index (κ3) is 1.78. The van der Waals surface area contributed by atoms with Gasteiger partial charge in [0.2, 0.25) is 0 Å². The van der Waals surface area contributed by atoms with Crippen LogP contribution in [-0.2, 0) is 7.05 Å². The van der Waals surface area contributed by atoms with Crippen LogP contribution in [0.2, 0.25) is 0 Å². The molecule has 0 unspecified atom stereocenters. The molecule has 0 aliphatic rings. The van der Waals surface area contributed by atoms with E-state index in [0.717, 1.165) is 22.0 Å². The van der Waals surface area contributed by atoms with Crippen molar-refractivity contribution in [3.63, 3.8) is 0 Å². The number of hydrogen-bond donors (Lipinski definition) is 0. The van der Waals surface area contributed by atoms with Crippen molar-refractivity contribution < 1.29 is 4.42 Å². The van der Waals surface area contributed by atoms with Crippen LogP contribution in [0.1, 0.15) is 0 Å². The SMILES string of the molecule is Cn1c(-c2cc3ccccc3oc2=O)cc2ccccc21. The van der Waals surface area contributed by atoms with Crippen molar-refractivity contribution in [1.82, 2.24) is 4.57 Å². The van der Waals surface area contributed by atoms with Crippen molar-refractivity contribution in [1.29, 1.82) is 0 Å². The standard InChI is InChI=1S/C18H13NO2/c1-19-15-8-4-2-6-12(15)11-16(19)14-10-13-7-3-5-9-17(13)21-18(14)20/h2-11H,1H3. The Hall–Kier alpha value is -2.81. The number of benzene rings is 2. The van der Waals surface area contributed by atoms with Crippen LogP contribution in [0.3, 0.4) is 0 Å². The maximum absolute atomic E-state index is 12.3. The van der Waals surface area contributed by atoms with Crippen molar-refractivity contribution in [3.05, 3.63) is 71.1 Å². The Kier molecular flexibility index (Phi) is 2.48. The molecule has 21 heavy (non-hydrogen) atoms. The van der Waals surface area contributed by atoms with E-state index < -0.39 is 0 Å². The van der Waals surface area contributed by atoms with Crippen LogP contribution >= 0.6 is 0 Å². The van der Waals surface area contributed by atoms with Gasteiger partial charge in [-0.25, -0.2) is 4.79 Å². The molecule has 0 spiro atoms. The van der Waals surface area contributed by atoms with Crippen molar-refractivity contribution in [2.24, 2.45) is 7.05 Å². The highest BCUT2D eigenvalue weighted by molar-refractivity contribution is 5.88. The van der Waals surface area contributed by atoms with Gasteiger partial charge in [-0.1, -0.05) is 36.4 Å². The van der Waals surface area contributed by atoms with Gasteiger partial charge in [-0.3, -0.25) is 0 Å². The molecule has 2 aromatic heterocycles. The molecule has 0 fully saturated rings. The Labute approximate surface area is 121 Å². The van der Waals surface area contributed by atoms with E-state index in [-0.39, 0.29) is 5.63 Å². The lowest BCUT2D eigenvalue weighted by atomic mass is 10.1. The topological polar surface area (TPSA) is 35.1 Å². The molecule has 0 aliphatic heterocycles. The molecule has 0 saturated heterocycles. The molecule has 0 atom stereocenters. The van der Waals surface area contributed by atoms with Gasteiger partial charge >= 0.3 is 5.63 Å². The Balaban J connectivity index is 2.06. The van der Waals surface area contributed by atoms with Crippen molar-refractivity contribution in [2.75, 3.05) is 0 Å². The summed E-state index contributed by atoms with van der Waals surface area (Å²) in [5.74, 6) is 0. The quantitative estimate of drug-likeness (QED) is 0.493. The summed E-state index contributed by atoms with van der Waals surface area (Å²) < 4.78 is 7.45. The Bertz CT molecular complexity index is 1020. The van der Waals surface area contributed by atoms with Crippen LogP contribution in [0.25, 0.3) is 33.1 Å². The summed E-state index contributed by atoms with van der Waals surface area (Å²) in [6.45, 7) is 0. The average Bonchev–Trinajstić information content (AvgIpc) is 2.84. The third-order valence-electron chi connectivity index (χ3n) is 3.87. The minimum atomic E-state index is -0.306. The molecule has 3 nitrogen and oxygen atoms in total. The van der Waals surface area contributed by atoms with Gasteiger partial charge < -0.3 is 8.98 Å². The summed E-state index contributed by atoms with van der Waals surface area (Å²) in [4.78, 5) is 12.3. The number of nitrogens with zero attached hydrogens (tertiary/aromatic N) is 1. The van der Waals surface area contributed by atoms with E-state index >= 15 is 0 Å². The van der Waals surface area contributed by atoms with Crippen LogP contribution < -0.4 is 5.63 Å². The molecule has 0 saturated carbocycles. The molecular weight excluding hydrogens is 262 g/mol. The number of aromatic nitrogens is 1. The number of rotatable bonds is 1. The van der Waals surface area contributed by atoms with Gasteiger partial charge in [0.1, 0.15) is 5.58 Å². The van der Waals surface area contributed by atoms with Gasteiger partial charge in [0.25, 0.3) is 0 Å². The first-order valence-electron chi connectivity index (χ1n) is 6.82. The van der Waals surface area contributed by atoms with Crippen LogP contribution in [0.15, 0.2) is 69.9 Å². The largest absolute Gasteiger partial charge is 0.422 e. The normalized spacial score (nSPS) is 11.3. The van der Waals surface area contributed by atoms with E-state index in [9.17, 15) is 4.79 Å². The first-order chi connectivity index (χ1) is 10.2. The Morgan fingerprint density at radius 3 is 2.43 bits per heavy atom. The van der Waals surface area contributed by atoms with Gasteiger partial charge in [-0.15, -0.1) is 0 Å². The Morgan fingerprint density at radius 1 is 0.905 bits per heavy atom. The van der Waals surface area contributed by atoms with Crippen molar-refractivity contribution in [3.8, 4) is 11.3 Å². The maximum Gasteiger partial charge on any atom is 0.345 e. The highest BCUT2D eigenvalue weighted by Crippen LogP contribution is 2.27. The van der Waals surface area contributed by atoms with Gasteiger partial charge in [0, 0.05) is 23.3 Å². The highest BCUT2D eigenvalue weighted by Gasteiger charge is 2.13. The van der Waals surface area contributed by atoms with E-state index in [1.165, 1.54) is 0 Å². The molecule has 0 bridgehead atoms. The van der Waals surface area contributed by atoms with Crippen LogP contribution in [0, 0.1) is 0 Å². The van der Waals surface area contributed by atoms with Crippen LogP contribution in [0.4, 0.5) is 0 Å². The predicted molar refractivity (Wildman–Crippen MR) is 84.4 cm³/mol. The third-order valence-corrected chi connectivity index (χ3v) is 3.87. The predicted octanol–water partition coefficient (Wildman–Crippen LogP) is 3.95. The fourth-order valence-corrected chi connectivity index (χ4v) is 2.79. The lowest BCUT2D eigenvalue weighted by Crippen LogP contribution is -2.05. The molecule has 4 aromatic rings. The zero-order chi connectivity index (χ0) is 14.4. The van der Waals surface area contributed by atoms with Gasteiger partial charge in [0.15, 0.2) is 0 Å². The molecule has 4 rings (SSSR count). The van der Waals surface area contributed by atoms with Gasteiger partial charge in [-0.2, -0.15) is 0 Å². The second-order valence-electron chi connectivity index (χ2n) is 5.13. The second kappa shape index (κ2) is 4.35. The Morgan fingerprint density at radius 2 is 1.62 bits per heavy atom. The van der Waals surface area contributed by atoms with Gasteiger partial charge in [0.05, 0.1) is 11.3 Å². The fourth-order valence-electron chi connectivity index (χ4n) is 2.79. The molecule has 3 heteroatoms. The zero-order valence-electron chi connectivity index (χ0n) is 11.5. The summed E-state index contributed by atoms with van der Waals surface area (Å²) in [6.07, 6.45) is 0. The number of hydrogen-bond acceptors (Lipinski definition) is 2. The number of aryl methyl sites for hydroxylation is 1. The summed E-state index contributed by atoms with van der Waals surface area (Å²) in [7, 11) is 1.96. The first kappa shape index (κ1) is 12.0. The molecule has 0 amide bonds. The molecule has 2 aromatic carbocycles. The summed E-state index contributed by atoms with van der Waals surface area (Å²) >= 11 is 0. The minimum absolute atomic E-state index is 0.306. The van der Waals surface area contributed by atoms with Crippen molar-refractivity contribution >= 4 is 21.9 Å². The molecule has 102 valence electrons. The summed E-state index contributed by atoms with van der Waals surface area (Å²) in [6, 6.07) is 19.6. The average molecular weight is 275 g/mol. The lowest BCUT2D eigenvalue weighted by molar-refractivity contribution is 0.563. The fraction of sp³-hybridized carbons (Fsp3) is 0.0556. The highest BCUT2D eigenvalue weighted by atomic mass is 16.4. The number of fused-ring (bicyclic) bond motifs is 2. The molecule has 2 heterocycles. The van der Waals surface area contributed by atoms with E-state index in [4.69, 9.17) is 4.42 Å². The summed E-state index contributed by atoms with van der Waals surface area (Å²) in [5.41, 5.74) is 2.87. The monoisotopic (exact) mass is 275 g/mol. The summed E-state index contributed by atoms with van der Waals surface area (Å²) in [5, 5.41) is 2.04. The van der Waals surface area contributed by atoms with Crippen LogP contribution in [0.5, 0.6) is 0 Å². The van der Waals surface area contributed by atoms with Gasteiger partial charge in [-0.05, 0) is 24.3 Å². The molecule has 0 N–H and O–H groups in total. The van der Waals surface area contributed by atoms with E-state index in [2.05, 4.69) is 0 Å². The van der Waals surface area contributed by atoms with E-state index in [1.54, 1.807) is 0 Å².